The molecule has 2 heterocycles. The van der Waals surface area contributed by atoms with Gasteiger partial charge in [-0.15, -0.1) is 0 Å². The Morgan fingerprint density at radius 2 is 1.62 bits per heavy atom. The van der Waals surface area contributed by atoms with Gasteiger partial charge in [-0.1, -0.05) is 12.1 Å². The van der Waals surface area contributed by atoms with Crippen LogP contribution in [0.1, 0.15) is 0 Å². The van der Waals surface area contributed by atoms with Gasteiger partial charge in [0, 0.05) is 11.6 Å². The van der Waals surface area contributed by atoms with Gasteiger partial charge in [0.1, 0.15) is 31.4 Å². The molecular weight excluding hydrogens is 442 g/mol. The van der Waals surface area contributed by atoms with Crippen LogP contribution in [-0.4, -0.2) is 35.9 Å². The second-order valence-corrected chi connectivity index (χ2v) is 8.31. The van der Waals surface area contributed by atoms with Crippen molar-refractivity contribution < 1.29 is 89.5 Å². The van der Waals surface area contributed by atoms with Crippen LogP contribution in [0.4, 0.5) is 0 Å². The number of fused-ring (bicyclic) bond motifs is 3. The number of hydrogen-bond acceptors (Lipinski definition) is 9. The molecule has 2 aromatic carbocycles. The number of nitrogens with zero attached hydrogens (tertiary/aromatic N) is 2. The molecule has 0 fully saturated rings. The summed E-state index contributed by atoms with van der Waals surface area (Å²) < 4.78 is 74.2. The first-order valence-electron chi connectivity index (χ1n) is 7.35. The van der Waals surface area contributed by atoms with Gasteiger partial charge in [0.05, 0.1) is 9.79 Å². The van der Waals surface area contributed by atoms with Crippen LogP contribution in [0.2, 0.25) is 0 Å². The smallest absolute Gasteiger partial charge is 0.744 e. The van der Waals surface area contributed by atoms with E-state index in [0.717, 1.165) is 18.2 Å². The van der Waals surface area contributed by atoms with E-state index >= 15 is 0 Å². The van der Waals surface area contributed by atoms with E-state index in [9.17, 15) is 25.9 Å². The van der Waals surface area contributed by atoms with Gasteiger partial charge >= 0.3 is 59.1 Å². The zero-order valence-electron chi connectivity index (χ0n) is 15.2. The van der Waals surface area contributed by atoms with E-state index in [0.29, 0.717) is 11.1 Å². The third kappa shape index (κ3) is 4.74. The number of rotatable bonds is 3. The van der Waals surface area contributed by atoms with Crippen LogP contribution >= 0.6 is 0 Å². The van der Waals surface area contributed by atoms with E-state index in [2.05, 4.69) is 9.97 Å². The Labute approximate surface area is 209 Å². The fourth-order valence-electron chi connectivity index (χ4n) is 2.69. The fourth-order valence-corrected chi connectivity index (χ4v) is 3.84. The van der Waals surface area contributed by atoms with E-state index in [1.54, 1.807) is 18.2 Å². The van der Waals surface area contributed by atoms with Crippen molar-refractivity contribution in [2.24, 2.45) is 0 Å². The van der Waals surface area contributed by atoms with Gasteiger partial charge in [-0.3, -0.25) is 4.98 Å². The zero-order valence-corrected chi connectivity index (χ0v) is 20.8. The first-order valence-corrected chi connectivity index (χ1v) is 10.2. The van der Waals surface area contributed by atoms with Crippen LogP contribution < -0.4 is 59.1 Å². The molecule has 0 amide bonds. The van der Waals surface area contributed by atoms with Crippen molar-refractivity contribution in [1.29, 1.82) is 0 Å². The van der Waals surface area contributed by atoms with Gasteiger partial charge in [-0.25, -0.2) is 21.8 Å². The molecule has 0 spiro atoms. The van der Waals surface area contributed by atoms with Crippen molar-refractivity contribution in [3.05, 3.63) is 48.7 Å². The molecule has 0 bridgehead atoms. The molecule has 13 heteroatoms. The molecule has 9 nitrogen and oxygen atoms in total. The molecule has 4 aromatic rings. The maximum absolute atomic E-state index is 11.7. The van der Waals surface area contributed by atoms with Crippen LogP contribution in [0, 0.1) is 0 Å². The summed E-state index contributed by atoms with van der Waals surface area (Å²) in [5, 5.41) is 0.366. The Morgan fingerprint density at radius 1 is 0.897 bits per heavy atom. The summed E-state index contributed by atoms with van der Waals surface area (Å²) >= 11 is 0. The Bertz CT molecular complexity index is 1420. The van der Waals surface area contributed by atoms with E-state index in [1.165, 1.54) is 12.3 Å². The van der Waals surface area contributed by atoms with E-state index in [-0.39, 0.29) is 81.5 Å². The number of benzene rings is 2. The Balaban J connectivity index is 0.00000150. The first-order chi connectivity index (χ1) is 12.6. The van der Waals surface area contributed by atoms with E-state index in [4.69, 9.17) is 4.42 Å². The summed E-state index contributed by atoms with van der Waals surface area (Å²) in [5.41, 5.74) is 0.0863. The molecule has 0 atom stereocenters. The topological polar surface area (TPSA) is 153 Å². The number of hydrogen-bond donors (Lipinski definition) is 0. The third-order valence-corrected chi connectivity index (χ3v) is 5.53. The van der Waals surface area contributed by atoms with Crippen molar-refractivity contribution in [3.63, 3.8) is 0 Å². The third-order valence-electron chi connectivity index (χ3n) is 3.86. The predicted octanol–water partition coefficient (Wildman–Crippen LogP) is -4.14. The van der Waals surface area contributed by atoms with Gasteiger partial charge in [-0.2, -0.15) is 0 Å². The second kappa shape index (κ2) is 8.71. The van der Waals surface area contributed by atoms with Gasteiger partial charge in [0.15, 0.2) is 5.58 Å². The van der Waals surface area contributed by atoms with Crippen molar-refractivity contribution >= 4 is 42.1 Å². The summed E-state index contributed by atoms with van der Waals surface area (Å²) in [5.74, 6) is -0.0106. The van der Waals surface area contributed by atoms with Crippen molar-refractivity contribution in [3.8, 4) is 11.6 Å². The normalized spacial score (nSPS) is 11.8. The summed E-state index contributed by atoms with van der Waals surface area (Å²) in [6, 6.07) is 9.24. The van der Waals surface area contributed by atoms with Crippen LogP contribution in [-0.2, 0) is 20.2 Å². The number of aromatic nitrogens is 2. The van der Waals surface area contributed by atoms with Gasteiger partial charge in [0.25, 0.3) is 0 Å². The number of pyridine rings is 1. The quantitative estimate of drug-likeness (QED) is 0.224. The average Bonchev–Trinajstić information content (AvgIpc) is 3.05. The van der Waals surface area contributed by atoms with Crippen molar-refractivity contribution in [2.45, 2.75) is 9.79 Å². The minimum Gasteiger partial charge on any atom is -0.744 e. The Morgan fingerprint density at radius 3 is 2.21 bits per heavy atom. The maximum atomic E-state index is 11.7. The minimum atomic E-state index is -4.97. The molecular formula is C16H8N2Na2O7S2. The Kier molecular flexibility index (Phi) is 7.33. The molecule has 0 aliphatic rings. The second-order valence-electron chi connectivity index (χ2n) is 5.58. The van der Waals surface area contributed by atoms with E-state index < -0.39 is 30.0 Å². The van der Waals surface area contributed by atoms with Gasteiger partial charge in [0.2, 0.25) is 5.89 Å². The largest absolute Gasteiger partial charge is 1.00 e. The molecule has 2 aromatic heterocycles. The van der Waals surface area contributed by atoms with Crippen molar-refractivity contribution in [1.82, 2.24) is 9.97 Å². The molecule has 29 heavy (non-hydrogen) atoms. The maximum Gasteiger partial charge on any atom is 1.00 e. The molecule has 0 unspecified atom stereocenters. The molecule has 0 N–H and O–H groups in total. The van der Waals surface area contributed by atoms with Crippen molar-refractivity contribution in [2.75, 3.05) is 0 Å². The van der Waals surface area contributed by atoms with Crippen LogP contribution in [0.5, 0.6) is 0 Å². The molecule has 0 radical (unpaired) electrons. The first kappa shape index (κ1) is 24.4. The molecule has 0 aliphatic heterocycles. The monoisotopic (exact) mass is 450 g/mol. The predicted molar refractivity (Wildman–Crippen MR) is 90.7 cm³/mol. The standard InChI is InChI=1S/C16H10N2O7S2.2Na/c19-26(20,21)10-4-5-11-9(7-10)8-13(27(22,23)24)15-14(11)18-16(25-15)12-3-1-2-6-17-12;;/h1-8H,(H,19,20,21)(H,22,23,24);;/q;2*+1/p-2. The SMILES string of the molecule is O=S(=O)([O-])c1ccc2c(c1)cc(S(=O)(=O)[O-])c1oc(-c3ccccn3)nc12.[Na+].[Na+]. The summed E-state index contributed by atoms with van der Waals surface area (Å²) in [4.78, 5) is 7.01. The Hall–Kier alpha value is -0.860. The van der Waals surface area contributed by atoms with Crippen LogP contribution in [0.3, 0.4) is 0 Å². The average molecular weight is 450 g/mol. The fraction of sp³-hybridized carbons (Fsp3) is 0. The van der Waals surface area contributed by atoms with E-state index in [1.807, 2.05) is 0 Å². The summed E-state index contributed by atoms with van der Waals surface area (Å²) in [7, 11) is -9.73. The summed E-state index contributed by atoms with van der Waals surface area (Å²) in [6.07, 6.45) is 1.49. The van der Waals surface area contributed by atoms with Crippen LogP contribution in [0.25, 0.3) is 33.5 Å². The molecule has 4 rings (SSSR count). The summed E-state index contributed by atoms with van der Waals surface area (Å²) in [6.45, 7) is 0. The number of oxazole rings is 1. The molecule has 138 valence electrons. The van der Waals surface area contributed by atoms with Gasteiger partial charge in [-0.05, 0) is 35.7 Å². The van der Waals surface area contributed by atoms with Gasteiger partial charge < -0.3 is 13.5 Å². The molecule has 0 saturated heterocycles. The minimum absolute atomic E-state index is 0. The zero-order chi connectivity index (χ0) is 19.4. The van der Waals surface area contributed by atoms with Crippen LogP contribution in [0.15, 0.2) is 62.9 Å². The molecule has 0 saturated carbocycles. The molecule has 0 aliphatic carbocycles.